The first-order valence-corrected chi connectivity index (χ1v) is 7.81. The molecule has 3 nitrogen and oxygen atoms in total. The van der Waals surface area contributed by atoms with Crippen molar-refractivity contribution in [1.82, 2.24) is 9.88 Å². The number of carbonyl (C=O) groups is 1. The summed E-state index contributed by atoms with van der Waals surface area (Å²) in [6.07, 6.45) is 2.20. The lowest BCUT2D eigenvalue weighted by atomic mass is 10.1. The molecule has 0 radical (unpaired) electrons. The number of aromatic nitrogens is 1. The quantitative estimate of drug-likeness (QED) is 0.732. The van der Waals surface area contributed by atoms with Gasteiger partial charge in [-0.1, -0.05) is 37.6 Å². The second-order valence-corrected chi connectivity index (χ2v) is 5.74. The molecule has 1 heterocycles. The number of carbonyl (C=O) groups excluding carboxylic acids is 1. The second kappa shape index (κ2) is 7.31. The van der Waals surface area contributed by atoms with Crippen LogP contribution in [0.4, 0.5) is 0 Å². The molecule has 0 atom stereocenters. The summed E-state index contributed by atoms with van der Waals surface area (Å²) in [4.78, 5) is 18.4. The van der Waals surface area contributed by atoms with E-state index in [-0.39, 0.29) is 5.78 Å². The van der Waals surface area contributed by atoms with Crippen molar-refractivity contribution in [3.05, 3.63) is 52.0 Å². The van der Waals surface area contributed by atoms with E-state index >= 15 is 0 Å². The van der Waals surface area contributed by atoms with Gasteiger partial charge in [-0.05, 0) is 19.0 Å². The Labute approximate surface area is 124 Å². The molecule has 0 unspecified atom stereocenters. The zero-order valence-corrected chi connectivity index (χ0v) is 12.8. The minimum Gasteiger partial charge on any atom is -0.293 e. The molecule has 0 aliphatic carbocycles. The average Bonchev–Trinajstić information content (AvgIpc) is 2.92. The van der Waals surface area contributed by atoms with Crippen LogP contribution in [0.5, 0.6) is 0 Å². The molecule has 20 heavy (non-hydrogen) atoms. The third-order valence-corrected chi connectivity index (χ3v) is 3.78. The first-order valence-electron chi connectivity index (χ1n) is 6.86. The van der Waals surface area contributed by atoms with Crippen LogP contribution in [0.2, 0.25) is 0 Å². The van der Waals surface area contributed by atoms with Crippen molar-refractivity contribution < 1.29 is 4.79 Å². The van der Waals surface area contributed by atoms with E-state index in [0.29, 0.717) is 13.1 Å². The van der Waals surface area contributed by atoms with E-state index in [1.54, 1.807) is 11.3 Å². The predicted octanol–water partition coefficient (Wildman–Crippen LogP) is 3.41. The van der Waals surface area contributed by atoms with Crippen LogP contribution in [0.3, 0.4) is 0 Å². The smallest absolute Gasteiger partial charge is 0.176 e. The maximum absolute atomic E-state index is 12.2. The number of ketones is 1. The Morgan fingerprint density at radius 1 is 1.30 bits per heavy atom. The molecule has 1 aromatic carbocycles. The van der Waals surface area contributed by atoms with Crippen LogP contribution in [-0.2, 0) is 13.0 Å². The molecule has 0 saturated heterocycles. The first kappa shape index (κ1) is 14.9. The Kier molecular flexibility index (Phi) is 5.44. The fourth-order valence-electron chi connectivity index (χ4n) is 2.13. The maximum atomic E-state index is 12.2. The van der Waals surface area contributed by atoms with Gasteiger partial charge in [-0.3, -0.25) is 9.69 Å². The summed E-state index contributed by atoms with van der Waals surface area (Å²) in [5, 5.41) is 2.01. The fourth-order valence-corrected chi connectivity index (χ4v) is 2.68. The molecule has 0 amide bonds. The van der Waals surface area contributed by atoms with Crippen molar-refractivity contribution in [2.45, 2.75) is 26.3 Å². The minimum atomic E-state index is 0.158. The molecular weight excluding hydrogens is 268 g/mol. The Morgan fingerprint density at radius 2 is 2.05 bits per heavy atom. The standard InChI is InChI=1S/C16H20N2OS/c1-3-4-13-5-7-14(8-6-13)16(19)10-18(2)9-15-11-20-12-17-15/h5-8,11-12H,3-4,9-10H2,1-2H3. The van der Waals surface area contributed by atoms with Crippen molar-refractivity contribution in [3.63, 3.8) is 0 Å². The number of rotatable bonds is 7. The molecule has 4 heteroatoms. The largest absolute Gasteiger partial charge is 0.293 e. The molecule has 0 fully saturated rings. The topological polar surface area (TPSA) is 33.2 Å². The van der Waals surface area contributed by atoms with Gasteiger partial charge in [-0.15, -0.1) is 11.3 Å². The van der Waals surface area contributed by atoms with Gasteiger partial charge in [0.25, 0.3) is 0 Å². The highest BCUT2D eigenvalue weighted by molar-refractivity contribution is 7.07. The highest BCUT2D eigenvalue weighted by atomic mass is 32.1. The molecule has 0 saturated carbocycles. The zero-order chi connectivity index (χ0) is 14.4. The number of Topliss-reactive ketones (excluding diaryl/α,β-unsaturated/α-hetero) is 1. The Bertz CT molecular complexity index is 534. The van der Waals surface area contributed by atoms with Crippen LogP contribution in [-0.4, -0.2) is 29.3 Å². The van der Waals surface area contributed by atoms with Gasteiger partial charge in [0, 0.05) is 17.5 Å². The van der Waals surface area contributed by atoms with E-state index < -0.39 is 0 Å². The lowest BCUT2D eigenvalue weighted by Gasteiger charge is -2.14. The van der Waals surface area contributed by atoms with Gasteiger partial charge in [0.2, 0.25) is 0 Å². The molecule has 0 aliphatic rings. The lowest BCUT2D eigenvalue weighted by molar-refractivity contribution is 0.0942. The predicted molar refractivity (Wildman–Crippen MR) is 83.2 cm³/mol. The summed E-state index contributed by atoms with van der Waals surface area (Å²) >= 11 is 1.58. The van der Waals surface area contributed by atoms with Crippen molar-refractivity contribution in [2.75, 3.05) is 13.6 Å². The number of likely N-dealkylation sites (N-methyl/N-ethyl adjacent to an activating group) is 1. The van der Waals surface area contributed by atoms with Crippen LogP contribution < -0.4 is 0 Å². The molecular formula is C16H20N2OS. The molecule has 2 aromatic rings. The normalized spacial score (nSPS) is 10.9. The number of hydrogen-bond donors (Lipinski definition) is 0. The average molecular weight is 288 g/mol. The van der Waals surface area contributed by atoms with Gasteiger partial charge in [0.05, 0.1) is 17.7 Å². The van der Waals surface area contributed by atoms with E-state index in [9.17, 15) is 4.79 Å². The Morgan fingerprint density at radius 3 is 2.65 bits per heavy atom. The van der Waals surface area contributed by atoms with Gasteiger partial charge in [-0.2, -0.15) is 0 Å². The van der Waals surface area contributed by atoms with Crippen molar-refractivity contribution in [3.8, 4) is 0 Å². The molecule has 0 N–H and O–H groups in total. The number of benzene rings is 1. The third-order valence-electron chi connectivity index (χ3n) is 3.14. The summed E-state index contributed by atoms with van der Waals surface area (Å²) in [5.74, 6) is 0.158. The first-order chi connectivity index (χ1) is 9.69. The maximum Gasteiger partial charge on any atom is 0.176 e. The van der Waals surface area contributed by atoms with E-state index in [2.05, 4.69) is 24.0 Å². The van der Waals surface area contributed by atoms with Gasteiger partial charge < -0.3 is 0 Å². The molecule has 0 aliphatic heterocycles. The van der Waals surface area contributed by atoms with Gasteiger partial charge in [0.1, 0.15) is 0 Å². The third kappa shape index (κ3) is 4.25. The van der Waals surface area contributed by atoms with E-state index in [0.717, 1.165) is 24.1 Å². The molecule has 2 rings (SSSR count). The van der Waals surface area contributed by atoms with Crippen molar-refractivity contribution in [2.24, 2.45) is 0 Å². The van der Waals surface area contributed by atoms with E-state index in [4.69, 9.17) is 0 Å². The van der Waals surface area contributed by atoms with Crippen LogP contribution in [0.15, 0.2) is 35.2 Å². The monoisotopic (exact) mass is 288 g/mol. The molecule has 0 bridgehead atoms. The summed E-state index contributed by atoms with van der Waals surface area (Å²) in [5.41, 5.74) is 4.91. The van der Waals surface area contributed by atoms with Gasteiger partial charge >= 0.3 is 0 Å². The lowest BCUT2D eigenvalue weighted by Crippen LogP contribution is -2.25. The second-order valence-electron chi connectivity index (χ2n) is 5.02. The number of nitrogens with zero attached hydrogens (tertiary/aromatic N) is 2. The van der Waals surface area contributed by atoms with Gasteiger partial charge in [0.15, 0.2) is 5.78 Å². The van der Waals surface area contributed by atoms with Crippen LogP contribution in [0.25, 0.3) is 0 Å². The van der Waals surface area contributed by atoms with Crippen LogP contribution in [0, 0.1) is 0 Å². The Balaban J connectivity index is 1.90. The molecule has 1 aromatic heterocycles. The summed E-state index contributed by atoms with van der Waals surface area (Å²) in [7, 11) is 1.95. The Hall–Kier alpha value is -1.52. The summed E-state index contributed by atoms with van der Waals surface area (Å²) in [6, 6.07) is 7.97. The van der Waals surface area contributed by atoms with Crippen molar-refractivity contribution in [1.29, 1.82) is 0 Å². The molecule has 106 valence electrons. The van der Waals surface area contributed by atoms with E-state index in [1.807, 2.05) is 35.0 Å². The highest BCUT2D eigenvalue weighted by Crippen LogP contribution is 2.09. The van der Waals surface area contributed by atoms with Crippen LogP contribution >= 0.6 is 11.3 Å². The summed E-state index contributed by atoms with van der Waals surface area (Å²) in [6.45, 7) is 3.29. The highest BCUT2D eigenvalue weighted by Gasteiger charge is 2.10. The number of hydrogen-bond acceptors (Lipinski definition) is 4. The van der Waals surface area contributed by atoms with Crippen LogP contribution in [0.1, 0.15) is 35.0 Å². The van der Waals surface area contributed by atoms with Crippen molar-refractivity contribution >= 4 is 17.1 Å². The zero-order valence-electron chi connectivity index (χ0n) is 12.0. The van der Waals surface area contributed by atoms with Gasteiger partial charge in [-0.25, -0.2) is 4.98 Å². The minimum absolute atomic E-state index is 0.158. The summed E-state index contributed by atoms with van der Waals surface area (Å²) < 4.78 is 0. The molecule has 0 spiro atoms. The number of thiazole rings is 1. The van der Waals surface area contributed by atoms with E-state index in [1.165, 1.54) is 5.56 Å². The number of aryl methyl sites for hydroxylation is 1. The fraction of sp³-hybridized carbons (Fsp3) is 0.375. The SMILES string of the molecule is CCCc1ccc(C(=O)CN(C)Cc2cscn2)cc1.